The van der Waals surface area contributed by atoms with Crippen LogP contribution in [0.4, 0.5) is 5.69 Å². The molecule has 1 N–H and O–H groups in total. The zero-order chi connectivity index (χ0) is 19.5. The van der Waals surface area contributed by atoms with Crippen LogP contribution in [0.1, 0.15) is 44.0 Å². The average Bonchev–Trinajstić information content (AvgIpc) is 2.55. The van der Waals surface area contributed by atoms with Gasteiger partial charge in [0.15, 0.2) is 0 Å². The van der Waals surface area contributed by atoms with E-state index in [0.717, 1.165) is 17.9 Å². The minimum atomic E-state index is -0.0538. The summed E-state index contributed by atoms with van der Waals surface area (Å²) < 4.78 is 5.81. The third kappa shape index (κ3) is 5.13. The zero-order valence-electron chi connectivity index (χ0n) is 16.8. The fourth-order valence-corrected chi connectivity index (χ4v) is 2.86. The van der Waals surface area contributed by atoms with Gasteiger partial charge < -0.3 is 19.9 Å². The minimum Gasteiger partial charge on any atom is -0.489 e. The van der Waals surface area contributed by atoms with Crippen molar-refractivity contribution in [1.82, 2.24) is 10.2 Å². The van der Waals surface area contributed by atoms with Crippen LogP contribution in [0.25, 0.3) is 0 Å². The molecule has 0 saturated carbocycles. The van der Waals surface area contributed by atoms with E-state index in [1.165, 1.54) is 0 Å². The Bertz CT molecular complexity index is 665. The summed E-state index contributed by atoms with van der Waals surface area (Å²) in [5.74, 6) is 0.717. The fourth-order valence-electron chi connectivity index (χ4n) is 2.86. The topological polar surface area (TPSA) is 61.9 Å². The van der Waals surface area contributed by atoms with Gasteiger partial charge in [-0.3, -0.25) is 9.59 Å². The smallest absolute Gasteiger partial charge is 0.253 e. The first-order valence-electron chi connectivity index (χ1n) is 9.06. The molecule has 0 aromatic heterocycles. The van der Waals surface area contributed by atoms with Gasteiger partial charge in [-0.05, 0) is 30.0 Å². The molecule has 26 heavy (non-hydrogen) atoms. The molecule has 0 fully saturated rings. The maximum atomic E-state index is 12.3. The number of ether oxygens (including phenoxy) is 1. The number of likely N-dealkylation sites (N-methyl/N-ethyl adjacent to an activating group) is 1. The molecule has 0 aliphatic carbocycles. The molecule has 1 atom stereocenters. The molecule has 6 heteroatoms. The largest absolute Gasteiger partial charge is 0.489 e. The lowest BCUT2D eigenvalue weighted by Gasteiger charge is -2.36. The number of anilines is 1. The Balaban J connectivity index is 2.02. The Morgan fingerprint density at radius 1 is 1.31 bits per heavy atom. The first-order valence-corrected chi connectivity index (χ1v) is 9.06. The van der Waals surface area contributed by atoms with Crippen molar-refractivity contribution in [1.29, 1.82) is 0 Å². The molecule has 0 spiro atoms. The van der Waals surface area contributed by atoms with Crippen LogP contribution in [0.3, 0.4) is 0 Å². The number of rotatable bonds is 5. The van der Waals surface area contributed by atoms with Crippen LogP contribution in [0, 0.1) is 5.41 Å². The van der Waals surface area contributed by atoms with Crippen molar-refractivity contribution in [3.05, 3.63) is 23.8 Å². The monoisotopic (exact) mass is 361 g/mol. The lowest BCUT2D eigenvalue weighted by Crippen LogP contribution is -2.44. The first-order chi connectivity index (χ1) is 12.1. The molecule has 1 aromatic rings. The number of carbonyl (C=O) groups is 2. The van der Waals surface area contributed by atoms with Crippen LogP contribution in [0.2, 0.25) is 0 Å². The summed E-state index contributed by atoms with van der Waals surface area (Å²) in [7, 11) is 5.40. The van der Waals surface area contributed by atoms with E-state index in [-0.39, 0.29) is 23.3 Å². The van der Waals surface area contributed by atoms with E-state index in [4.69, 9.17) is 4.74 Å². The van der Waals surface area contributed by atoms with E-state index in [0.29, 0.717) is 25.1 Å². The number of nitrogens with one attached hydrogen (secondary N) is 1. The zero-order valence-corrected chi connectivity index (χ0v) is 16.8. The average molecular weight is 361 g/mol. The second kappa shape index (κ2) is 7.98. The second-order valence-corrected chi connectivity index (χ2v) is 8.32. The number of fused-ring (bicyclic) bond motifs is 1. The highest BCUT2D eigenvalue weighted by Crippen LogP contribution is 2.34. The van der Waals surface area contributed by atoms with E-state index in [9.17, 15) is 9.59 Å². The maximum absolute atomic E-state index is 12.3. The van der Waals surface area contributed by atoms with E-state index < -0.39 is 0 Å². The third-order valence-corrected chi connectivity index (χ3v) is 4.59. The van der Waals surface area contributed by atoms with Crippen molar-refractivity contribution in [3.8, 4) is 5.75 Å². The van der Waals surface area contributed by atoms with Gasteiger partial charge in [-0.1, -0.05) is 20.8 Å². The lowest BCUT2D eigenvalue weighted by molar-refractivity contribution is -0.121. The van der Waals surface area contributed by atoms with E-state index >= 15 is 0 Å². The summed E-state index contributed by atoms with van der Waals surface area (Å²) in [4.78, 5) is 28.0. The molecule has 1 aromatic carbocycles. The van der Waals surface area contributed by atoms with Gasteiger partial charge in [0.1, 0.15) is 12.4 Å². The quantitative estimate of drug-likeness (QED) is 0.875. The summed E-state index contributed by atoms with van der Waals surface area (Å²) >= 11 is 0. The van der Waals surface area contributed by atoms with E-state index in [1.807, 2.05) is 24.1 Å². The summed E-state index contributed by atoms with van der Waals surface area (Å²) in [5, 5.41) is 2.99. The number of benzene rings is 1. The van der Waals surface area contributed by atoms with Crippen molar-refractivity contribution in [2.45, 2.75) is 39.7 Å². The Labute approximate surface area is 156 Å². The summed E-state index contributed by atoms with van der Waals surface area (Å²) in [6.45, 7) is 7.61. The van der Waals surface area contributed by atoms with Crippen molar-refractivity contribution in [2.75, 3.05) is 39.2 Å². The SMILES string of the molecule is CN(C)C(=O)c1ccc2c(c1)N(C)[C@H](CC(=O)NCCC(C)(C)C)CO2. The highest BCUT2D eigenvalue weighted by Gasteiger charge is 2.27. The van der Waals surface area contributed by atoms with Crippen LogP contribution in [0.15, 0.2) is 18.2 Å². The Morgan fingerprint density at radius 2 is 2.00 bits per heavy atom. The van der Waals surface area contributed by atoms with Crippen molar-refractivity contribution in [2.24, 2.45) is 5.41 Å². The lowest BCUT2D eigenvalue weighted by atomic mass is 9.92. The summed E-state index contributed by atoms with van der Waals surface area (Å²) in [6, 6.07) is 5.37. The molecule has 0 radical (unpaired) electrons. The van der Waals surface area contributed by atoms with Crippen molar-refractivity contribution in [3.63, 3.8) is 0 Å². The van der Waals surface area contributed by atoms with Gasteiger partial charge in [-0.2, -0.15) is 0 Å². The molecule has 2 rings (SSSR count). The predicted molar refractivity (Wildman–Crippen MR) is 104 cm³/mol. The van der Waals surface area contributed by atoms with Crippen molar-refractivity contribution >= 4 is 17.5 Å². The number of carbonyl (C=O) groups excluding carboxylic acids is 2. The molecule has 0 bridgehead atoms. The standard InChI is InChI=1S/C20H31N3O3/c1-20(2,3)9-10-21-18(24)12-15-13-26-17-8-7-14(19(25)22(4)5)11-16(17)23(15)6/h7-8,11,15H,9-10,12-13H2,1-6H3,(H,21,24)/t15-/m1/s1. The molecular weight excluding hydrogens is 330 g/mol. The summed E-state index contributed by atoms with van der Waals surface area (Å²) in [5.41, 5.74) is 1.66. The normalized spacial score (nSPS) is 16.5. The number of amides is 2. The van der Waals surface area contributed by atoms with Crippen LogP contribution in [-0.2, 0) is 4.79 Å². The van der Waals surface area contributed by atoms with Crippen LogP contribution < -0.4 is 15.0 Å². The van der Waals surface area contributed by atoms with Crippen LogP contribution >= 0.6 is 0 Å². The number of hydrogen-bond donors (Lipinski definition) is 1. The molecule has 144 valence electrons. The van der Waals surface area contributed by atoms with Crippen molar-refractivity contribution < 1.29 is 14.3 Å². The molecule has 1 heterocycles. The number of hydrogen-bond acceptors (Lipinski definition) is 4. The second-order valence-electron chi connectivity index (χ2n) is 8.32. The van der Waals surface area contributed by atoms with Gasteiger partial charge >= 0.3 is 0 Å². The first kappa shape index (κ1) is 20.1. The van der Waals surface area contributed by atoms with Gasteiger partial charge in [-0.15, -0.1) is 0 Å². The van der Waals surface area contributed by atoms with Gasteiger partial charge in [0, 0.05) is 33.3 Å². The Kier molecular flexibility index (Phi) is 6.16. The highest BCUT2D eigenvalue weighted by atomic mass is 16.5. The van der Waals surface area contributed by atoms with Gasteiger partial charge in [0.2, 0.25) is 5.91 Å². The van der Waals surface area contributed by atoms with Gasteiger partial charge in [0.05, 0.1) is 18.2 Å². The fraction of sp³-hybridized carbons (Fsp3) is 0.600. The molecule has 0 saturated heterocycles. The van der Waals surface area contributed by atoms with E-state index in [2.05, 4.69) is 26.1 Å². The Morgan fingerprint density at radius 3 is 2.62 bits per heavy atom. The van der Waals surface area contributed by atoms with E-state index in [1.54, 1.807) is 25.1 Å². The maximum Gasteiger partial charge on any atom is 0.253 e. The molecular formula is C20H31N3O3. The van der Waals surface area contributed by atoms with Gasteiger partial charge in [0.25, 0.3) is 5.91 Å². The molecule has 1 aliphatic heterocycles. The highest BCUT2D eigenvalue weighted by molar-refractivity contribution is 5.95. The molecule has 6 nitrogen and oxygen atoms in total. The molecule has 0 unspecified atom stereocenters. The number of nitrogens with zero attached hydrogens (tertiary/aromatic N) is 2. The van der Waals surface area contributed by atoms with Crippen LogP contribution in [-0.4, -0.2) is 57.1 Å². The van der Waals surface area contributed by atoms with Gasteiger partial charge in [-0.25, -0.2) is 0 Å². The predicted octanol–water partition coefficient (Wildman–Crippen LogP) is 2.53. The summed E-state index contributed by atoms with van der Waals surface area (Å²) in [6.07, 6.45) is 1.31. The van der Waals surface area contributed by atoms with Crippen LogP contribution in [0.5, 0.6) is 5.75 Å². The third-order valence-electron chi connectivity index (χ3n) is 4.59. The minimum absolute atomic E-state index is 0.0265. The molecule has 1 aliphatic rings. The molecule has 2 amide bonds. The Hall–Kier alpha value is -2.24.